The predicted molar refractivity (Wildman–Crippen MR) is 133 cm³/mol. The number of ether oxygens (including phenoxy) is 1. The number of nitrogens with zero attached hydrogens (tertiary/aromatic N) is 1. The normalized spacial score (nSPS) is 17.0. The van der Waals surface area contributed by atoms with E-state index < -0.39 is 11.5 Å². The third-order valence-electron chi connectivity index (χ3n) is 7.20. The van der Waals surface area contributed by atoms with Gasteiger partial charge in [-0.3, -0.25) is 14.2 Å². The first-order chi connectivity index (χ1) is 16.6. The van der Waals surface area contributed by atoms with E-state index in [-0.39, 0.29) is 18.2 Å². The molecule has 174 valence electrons. The molecule has 0 radical (unpaired) electrons. The van der Waals surface area contributed by atoms with Gasteiger partial charge in [-0.2, -0.15) is 0 Å². The Bertz CT molecular complexity index is 1330. The second-order valence-electron chi connectivity index (χ2n) is 9.08. The lowest BCUT2D eigenvalue weighted by molar-refractivity contribution is -0.135. The number of ketones is 2. The van der Waals surface area contributed by atoms with Crippen LogP contribution in [-0.2, 0) is 19.7 Å². The number of benzene rings is 2. The number of Topliss-reactive ketones (excluding diaryl/α,β-unsaturated/α-hetero) is 2. The SMILES string of the molecule is CCCCC1=C(c2cn(C(=O)OCC)c3ccccc23)C2(C(=O)CCCC2=O)c2ccccc21. The molecule has 0 unspecified atom stereocenters. The van der Waals surface area contributed by atoms with Gasteiger partial charge in [-0.05, 0) is 54.5 Å². The predicted octanol–water partition coefficient (Wildman–Crippen LogP) is 6.32. The number of carbonyl (C=O) groups excluding carboxylic acids is 3. The maximum Gasteiger partial charge on any atom is 0.418 e. The van der Waals surface area contributed by atoms with Crippen LogP contribution >= 0.6 is 0 Å². The van der Waals surface area contributed by atoms with Crippen LogP contribution in [0.2, 0.25) is 0 Å². The van der Waals surface area contributed by atoms with Crippen molar-refractivity contribution in [1.29, 1.82) is 0 Å². The van der Waals surface area contributed by atoms with Crippen LogP contribution in [0.3, 0.4) is 0 Å². The largest absolute Gasteiger partial charge is 0.449 e. The third kappa shape index (κ3) is 3.10. The zero-order valence-corrected chi connectivity index (χ0v) is 19.7. The van der Waals surface area contributed by atoms with Gasteiger partial charge in [0.25, 0.3) is 0 Å². The first-order valence-electron chi connectivity index (χ1n) is 12.2. The van der Waals surface area contributed by atoms with Crippen molar-refractivity contribution in [3.05, 3.63) is 71.4 Å². The van der Waals surface area contributed by atoms with E-state index in [9.17, 15) is 14.4 Å². The Morgan fingerprint density at radius 1 is 0.971 bits per heavy atom. The number of para-hydroxylation sites is 1. The van der Waals surface area contributed by atoms with Crippen LogP contribution in [0.25, 0.3) is 22.0 Å². The quantitative estimate of drug-likeness (QED) is 0.422. The van der Waals surface area contributed by atoms with Crippen molar-refractivity contribution in [2.24, 2.45) is 0 Å². The van der Waals surface area contributed by atoms with Gasteiger partial charge in [-0.15, -0.1) is 0 Å². The number of hydrogen-bond donors (Lipinski definition) is 0. The van der Waals surface area contributed by atoms with Crippen molar-refractivity contribution in [1.82, 2.24) is 4.57 Å². The minimum Gasteiger partial charge on any atom is -0.449 e. The molecule has 0 N–H and O–H groups in total. The number of hydrogen-bond acceptors (Lipinski definition) is 4. The average molecular weight is 456 g/mol. The van der Waals surface area contributed by atoms with Crippen molar-refractivity contribution in [2.45, 2.75) is 57.8 Å². The number of rotatable bonds is 5. The van der Waals surface area contributed by atoms with E-state index in [0.29, 0.717) is 24.8 Å². The zero-order valence-electron chi connectivity index (χ0n) is 19.7. The Hall–Kier alpha value is -3.47. The Morgan fingerprint density at radius 2 is 1.68 bits per heavy atom. The lowest BCUT2D eigenvalue weighted by atomic mass is 9.63. The first-order valence-corrected chi connectivity index (χ1v) is 12.2. The lowest BCUT2D eigenvalue weighted by Crippen LogP contribution is -2.46. The van der Waals surface area contributed by atoms with Crippen LogP contribution in [-0.4, -0.2) is 28.8 Å². The van der Waals surface area contributed by atoms with E-state index in [1.807, 2.05) is 48.5 Å². The van der Waals surface area contributed by atoms with Crippen LogP contribution in [0, 0.1) is 0 Å². The van der Waals surface area contributed by atoms with Crippen LogP contribution in [0.15, 0.2) is 54.7 Å². The summed E-state index contributed by atoms with van der Waals surface area (Å²) in [6.07, 6.45) is 5.36. The molecule has 1 aromatic heterocycles. The highest BCUT2D eigenvalue weighted by molar-refractivity contribution is 6.31. The number of allylic oxidation sites excluding steroid dienone is 2. The molecule has 2 aliphatic carbocycles. The molecular formula is C29H29NO4. The topological polar surface area (TPSA) is 65.4 Å². The van der Waals surface area contributed by atoms with Crippen molar-refractivity contribution in [3.63, 3.8) is 0 Å². The molecule has 1 saturated carbocycles. The van der Waals surface area contributed by atoms with E-state index >= 15 is 0 Å². The molecule has 0 atom stereocenters. The summed E-state index contributed by atoms with van der Waals surface area (Å²) in [6, 6.07) is 15.5. The molecule has 2 aromatic carbocycles. The van der Waals surface area contributed by atoms with E-state index in [2.05, 4.69) is 6.92 Å². The molecule has 0 amide bonds. The van der Waals surface area contributed by atoms with Gasteiger partial charge in [0.05, 0.1) is 12.1 Å². The molecular weight excluding hydrogens is 426 g/mol. The third-order valence-corrected chi connectivity index (χ3v) is 7.20. The smallest absolute Gasteiger partial charge is 0.418 e. The van der Waals surface area contributed by atoms with Gasteiger partial charge in [0.15, 0.2) is 11.6 Å². The summed E-state index contributed by atoms with van der Waals surface area (Å²) in [4.78, 5) is 40.5. The summed E-state index contributed by atoms with van der Waals surface area (Å²) < 4.78 is 6.83. The molecule has 0 saturated heterocycles. The minimum absolute atomic E-state index is 0.0364. The van der Waals surface area contributed by atoms with Crippen molar-refractivity contribution in [2.75, 3.05) is 6.61 Å². The summed E-state index contributed by atoms with van der Waals surface area (Å²) in [5.41, 5.74) is 3.79. The van der Waals surface area contributed by atoms with Gasteiger partial charge in [0, 0.05) is 30.0 Å². The van der Waals surface area contributed by atoms with Gasteiger partial charge in [-0.1, -0.05) is 55.8 Å². The van der Waals surface area contributed by atoms with E-state index in [0.717, 1.165) is 52.5 Å². The fourth-order valence-electron chi connectivity index (χ4n) is 5.79. The molecule has 2 aliphatic rings. The summed E-state index contributed by atoms with van der Waals surface area (Å²) >= 11 is 0. The molecule has 5 rings (SSSR count). The number of fused-ring (bicyclic) bond motifs is 3. The van der Waals surface area contributed by atoms with Gasteiger partial charge >= 0.3 is 6.09 Å². The van der Waals surface area contributed by atoms with Gasteiger partial charge in [-0.25, -0.2) is 4.79 Å². The van der Waals surface area contributed by atoms with E-state index in [1.54, 1.807) is 13.1 Å². The first kappa shape index (κ1) is 22.3. The Labute approximate surface area is 199 Å². The van der Waals surface area contributed by atoms with Crippen LogP contribution < -0.4 is 0 Å². The van der Waals surface area contributed by atoms with Gasteiger partial charge < -0.3 is 4.74 Å². The van der Waals surface area contributed by atoms with Crippen molar-refractivity contribution in [3.8, 4) is 0 Å². The Balaban J connectivity index is 1.87. The molecule has 1 fully saturated rings. The zero-order chi connectivity index (χ0) is 23.9. The van der Waals surface area contributed by atoms with Crippen LogP contribution in [0.5, 0.6) is 0 Å². The fraction of sp³-hybridized carbons (Fsp3) is 0.345. The standard InChI is InChI=1S/C29H29NO4/c1-3-5-11-21-19-12-6-8-14-23(19)29(25(31)16-10-17-26(29)32)27(21)22-18-30(28(33)34-4-2)24-15-9-7-13-20(22)24/h6-9,12-15,18H,3-5,10-11,16-17H2,1-2H3. The number of carbonyl (C=O) groups is 3. The molecule has 0 bridgehead atoms. The molecule has 5 heteroatoms. The molecule has 1 heterocycles. The molecule has 5 nitrogen and oxygen atoms in total. The molecule has 3 aromatic rings. The van der Waals surface area contributed by atoms with E-state index in [4.69, 9.17) is 4.74 Å². The maximum absolute atomic E-state index is 13.8. The monoisotopic (exact) mass is 455 g/mol. The summed E-state index contributed by atoms with van der Waals surface area (Å²) in [5.74, 6) is -0.0728. The molecule has 34 heavy (non-hydrogen) atoms. The average Bonchev–Trinajstić information content (AvgIpc) is 3.36. The second kappa shape index (κ2) is 8.71. The highest BCUT2D eigenvalue weighted by Gasteiger charge is 2.57. The summed E-state index contributed by atoms with van der Waals surface area (Å²) in [5, 5.41) is 0.845. The van der Waals surface area contributed by atoms with Gasteiger partial charge in [0.2, 0.25) is 0 Å². The number of aromatic nitrogens is 1. The highest BCUT2D eigenvalue weighted by Crippen LogP contribution is 2.57. The van der Waals surface area contributed by atoms with Crippen molar-refractivity contribution < 1.29 is 19.1 Å². The molecule has 1 spiro atoms. The van der Waals surface area contributed by atoms with Crippen LogP contribution in [0.1, 0.15) is 69.1 Å². The molecule has 0 aliphatic heterocycles. The second-order valence-corrected chi connectivity index (χ2v) is 9.08. The van der Waals surface area contributed by atoms with Crippen molar-refractivity contribution >= 4 is 39.7 Å². The van der Waals surface area contributed by atoms with Crippen LogP contribution in [0.4, 0.5) is 4.79 Å². The summed E-state index contributed by atoms with van der Waals surface area (Å²) in [7, 11) is 0. The maximum atomic E-state index is 13.8. The van der Waals surface area contributed by atoms with Gasteiger partial charge in [0.1, 0.15) is 5.41 Å². The minimum atomic E-state index is -1.30. The highest BCUT2D eigenvalue weighted by atomic mass is 16.5. The summed E-state index contributed by atoms with van der Waals surface area (Å²) in [6.45, 7) is 4.18. The lowest BCUT2D eigenvalue weighted by Gasteiger charge is -2.34. The Kier molecular flexibility index (Phi) is 5.72. The van der Waals surface area contributed by atoms with E-state index in [1.165, 1.54) is 4.57 Å². The Morgan fingerprint density at radius 3 is 2.41 bits per heavy atom. The number of unbranched alkanes of at least 4 members (excludes halogenated alkanes) is 1. The fourth-order valence-corrected chi connectivity index (χ4v) is 5.79.